The van der Waals surface area contributed by atoms with Crippen molar-refractivity contribution in [1.29, 1.82) is 0 Å². The van der Waals surface area contributed by atoms with Crippen LogP contribution in [-0.4, -0.2) is 37.2 Å². The minimum Gasteiger partial charge on any atom is -0.462 e. The lowest BCUT2D eigenvalue weighted by Crippen LogP contribution is -2.30. The number of esters is 3. The molecule has 0 N–H and O–H groups in total. The van der Waals surface area contributed by atoms with Crippen molar-refractivity contribution in [2.24, 2.45) is 0 Å². The van der Waals surface area contributed by atoms with Crippen LogP contribution in [-0.2, 0) is 28.6 Å². The van der Waals surface area contributed by atoms with Gasteiger partial charge in [-0.05, 0) is 70.6 Å². The van der Waals surface area contributed by atoms with Gasteiger partial charge in [0.1, 0.15) is 13.2 Å². The van der Waals surface area contributed by atoms with Crippen molar-refractivity contribution in [2.45, 2.75) is 431 Å². The standard InChI is InChI=1S/C76H144O6/c1-4-7-10-13-16-19-22-25-28-30-32-34-35-36-37-38-39-40-41-43-44-46-48-51-54-57-60-63-66-69-75(78)81-72-73(71-80-74(77)68-65-62-59-56-53-50-27-24-21-18-15-12-9-6-3)82-76(79)70-67-64-61-58-55-52-49-47-45-42-33-31-29-26-23-20-17-14-11-8-5-2/h24,27,30,32,73H,4-23,25-26,28-29,31,33-72H2,1-3H3/b27-24-,32-30-. The third-order valence-corrected chi connectivity index (χ3v) is 17.2. The number of allylic oxidation sites excluding steroid dienone is 4. The molecule has 0 aliphatic heterocycles. The van der Waals surface area contributed by atoms with E-state index in [9.17, 15) is 14.4 Å². The van der Waals surface area contributed by atoms with Gasteiger partial charge in [-0.2, -0.15) is 0 Å². The maximum Gasteiger partial charge on any atom is 0.306 e. The number of carbonyl (C=O) groups excluding carboxylic acids is 3. The van der Waals surface area contributed by atoms with E-state index in [1.165, 1.54) is 321 Å². The molecule has 6 heteroatoms. The Balaban J connectivity index is 4.19. The van der Waals surface area contributed by atoms with E-state index in [-0.39, 0.29) is 31.1 Å². The molecule has 0 bridgehead atoms. The molecule has 484 valence electrons. The molecular formula is C76H144O6. The zero-order chi connectivity index (χ0) is 59.2. The van der Waals surface area contributed by atoms with Crippen LogP contribution in [0.1, 0.15) is 425 Å². The van der Waals surface area contributed by atoms with Gasteiger partial charge in [-0.15, -0.1) is 0 Å². The fourth-order valence-corrected chi connectivity index (χ4v) is 11.6. The van der Waals surface area contributed by atoms with Crippen molar-refractivity contribution in [1.82, 2.24) is 0 Å². The highest BCUT2D eigenvalue weighted by atomic mass is 16.6. The van der Waals surface area contributed by atoms with E-state index in [0.29, 0.717) is 19.3 Å². The largest absolute Gasteiger partial charge is 0.462 e. The molecule has 0 aromatic carbocycles. The Bertz CT molecular complexity index is 1320. The second kappa shape index (κ2) is 71.4. The minimum atomic E-state index is -0.772. The molecule has 0 aromatic rings. The van der Waals surface area contributed by atoms with Crippen LogP contribution >= 0.6 is 0 Å². The Morgan fingerprint density at radius 2 is 0.402 bits per heavy atom. The van der Waals surface area contributed by atoms with Crippen molar-refractivity contribution in [3.63, 3.8) is 0 Å². The summed E-state index contributed by atoms with van der Waals surface area (Å²) in [6.07, 6.45) is 88.0. The molecule has 1 atom stereocenters. The average molecular weight is 1150 g/mol. The molecule has 0 rings (SSSR count). The van der Waals surface area contributed by atoms with Crippen LogP contribution in [0.4, 0.5) is 0 Å². The maximum atomic E-state index is 13.0. The predicted molar refractivity (Wildman–Crippen MR) is 358 cm³/mol. The van der Waals surface area contributed by atoms with Crippen LogP contribution < -0.4 is 0 Å². The van der Waals surface area contributed by atoms with Crippen LogP contribution in [0.25, 0.3) is 0 Å². The quantitative estimate of drug-likeness (QED) is 0.0261. The third kappa shape index (κ3) is 68.7. The zero-order valence-electron chi connectivity index (χ0n) is 55.8. The first kappa shape index (κ1) is 79.9. The third-order valence-electron chi connectivity index (χ3n) is 17.2. The predicted octanol–water partition coefficient (Wildman–Crippen LogP) is 25.7. The van der Waals surface area contributed by atoms with Gasteiger partial charge in [0, 0.05) is 19.3 Å². The van der Waals surface area contributed by atoms with E-state index in [0.717, 1.165) is 64.2 Å². The Kier molecular flexibility index (Phi) is 69.5. The van der Waals surface area contributed by atoms with Gasteiger partial charge in [0.05, 0.1) is 0 Å². The topological polar surface area (TPSA) is 78.9 Å². The lowest BCUT2D eigenvalue weighted by molar-refractivity contribution is -0.167. The van der Waals surface area contributed by atoms with Crippen molar-refractivity contribution in [3.05, 3.63) is 24.3 Å². The number of hydrogen-bond acceptors (Lipinski definition) is 6. The van der Waals surface area contributed by atoms with Crippen LogP contribution in [0.2, 0.25) is 0 Å². The molecule has 0 heterocycles. The normalized spacial score (nSPS) is 12.1. The highest BCUT2D eigenvalue weighted by Crippen LogP contribution is 2.19. The summed E-state index contributed by atoms with van der Waals surface area (Å²) in [6.45, 7) is 6.71. The van der Waals surface area contributed by atoms with Gasteiger partial charge < -0.3 is 14.2 Å². The summed E-state index contributed by atoms with van der Waals surface area (Å²) in [7, 11) is 0. The number of ether oxygens (including phenoxy) is 3. The second-order valence-electron chi connectivity index (χ2n) is 25.6. The first-order valence-corrected chi connectivity index (χ1v) is 37.3. The van der Waals surface area contributed by atoms with Crippen molar-refractivity contribution < 1.29 is 28.6 Å². The van der Waals surface area contributed by atoms with E-state index < -0.39 is 6.10 Å². The monoisotopic (exact) mass is 1150 g/mol. The summed E-state index contributed by atoms with van der Waals surface area (Å²) >= 11 is 0. The Morgan fingerprint density at radius 3 is 0.610 bits per heavy atom. The van der Waals surface area contributed by atoms with E-state index >= 15 is 0 Å². The fraction of sp³-hybridized carbons (Fsp3) is 0.908. The molecule has 82 heavy (non-hydrogen) atoms. The number of carbonyl (C=O) groups is 3. The summed E-state index contributed by atoms with van der Waals surface area (Å²) in [4.78, 5) is 38.5. The van der Waals surface area contributed by atoms with Gasteiger partial charge in [0.2, 0.25) is 0 Å². The van der Waals surface area contributed by atoms with Gasteiger partial charge in [-0.1, -0.05) is 360 Å². The molecule has 0 aliphatic carbocycles. The number of hydrogen-bond donors (Lipinski definition) is 0. The molecule has 0 aliphatic rings. The van der Waals surface area contributed by atoms with E-state index in [2.05, 4.69) is 45.1 Å². The van der Waals surface area contributed by atoms with Crippen molar-refractivity contribution in [2.75, 3.05) is 13.2 Å². The first-order chi connectivity index (χ1) is 40.5. The van der Waals surface area contributed by atoms with Gasteiger partial charge >= 0.3 is 17.9 Å². The Hall–Kier alpha value is -2.11. The van der Waals surface area contributed by atoms with Crippen LogP contribution in [0, 0.1) is 0 Å². The molecular weight excluding hydrogens is 1010 g/mol. The smallest absolute Gasteiger partial charge is 0.306 e. The van der Waals surface area contributed by atoms with Gasteiger partial charge in [-0.25, -0.2) is 0 Å². The summed E-state index contributed by atoms with van der Waals surface area (Å²) in [6, 6.07) is 0. The summed E-state index contributed by atoms with van der Waals surface area (Å²) in [5, 5.41) is 0. The van der Waals surface area contributed by atoms with Gasteiger partial charge in [0.25, 0.3) is 0 Å². The summed E-state index contributed by atoms with van der Waals surface area (Å²) in [5.74, 6) is -0.841. The lowest BCUT2D eigenvalue weighted by atomic mass is 10.0. The van der Waals surface area contributed by atoms with Crippen LogP contribution in [0.15, 0.2) is 24.3 Å². The lowest BCUT2D eigenvalue weighted by Gasteiger charge is -2.18. The van der Waals surface area contributed by atoms with Crippen LogP contribution in [0.5, 0.6) is 0 Å². The molecule has 0 aromatic heterocycles. The molecule has 0 amide bonds. The molecule has 0 saturated carbocycles. The zero-order valence-corrected chi connectivity index (χ0v) is 55.8. The van der Waals surface area contributed by atoms with Crippen molar-refractivity contribution in [3.8, 4) is 0 Å². The number of unbranched alkanes of at least 4 members (excludes halogenated alkanes) is 55. The van der Waals surface area contributed by atoms with Crippen molar-refractivity contribution >= 4 is 17.9 Å². The minimum absolute atomic E-state index is 0.0673. The molecule has 6 nitrogen and oxygen atoms in total. The molecule has 0 saturated heterocycles. The fourth-order valence-electron chi connectivity index (χ4n) is 11.6. The molecule has 0 spiro atoms. The second-order valence-corrected chi connectivity index (χ2v) is 25.6. The maximum absolute atomic E-state index is 13.0. The van der Waals surface area contributed by atoms with Gasteiger partial charge in [0.15, 0.2) is 6.10 Å². The molecule has 1 unspecified atom stereocenters. The Labute approximate surface area is 513 Å². The summed E-state index contributed by atoms with van der Waals surface area (Å²) in [5.41, 5.74) is 0. The van der Waals surface area contributed by atoms with E-state index in [1.807, 2.05) is 0 Å². The Morgan fingerprint density at radius 1 is 0.232 bits per heavy atom. The average Bonchev–Trinajstić information content (AvgIpc) is 3.48. The highest BCUT2D eigenvalue weighted by Gasteiger charge is 2.20. The molecule has 0 radical (unpaired) electrons. The highest BCUT2D eigenvalue weighted by molar-refractivity contribution is 5.71. The number of rotatable bonds is 70. The molecule has 0 fully saturated rings. The summed E-state index contributed by atoms with van der Waals surface area (Å²) < 4.78 is 17.0. The van der Waals surface area contributed by atoms with Crippen LogP contribution in [0.3, 0.4) is 0 Å². The van der Waals surface area contributed by atoms with E-state index in [1.54, 1.807) is 0 Å². The first-order valence-electron chi connectivity index (χ1n) is 37.3. The SMILES string of the molecule is CCCCCCC/C=C\CCCCCCCC(=O)OCC(COC(=O)CCCCCCCCCCCCCCCCCCC/C=C\CCCCCCCCCC)OC(=O)CCCCCCCCCCCCCCCCCCCCCCC. The van der Waals surface area contributed by atoms with Gasteiger partial charge in [-0.3, -0.25) is 14.4 Å². The van der Waals surface area contributed by atoms with E-state index in [4.69, 9.17) is 14.2 Å².